The molecule has 0 saturated heterocycles. The number of ether oxygens (including phenoxy) is 2. The van der Waals surface area contributed by atoms with Crippen LogP contribution >= 0.6 is 0 Å². The van der Waals surface area contributed by atoms with Crippen molar-refractivity contribution in [3.63, 3.8) is 0 Å². The van der Waals surface area contributed by atoms with Crippen molar-refractivity contribution in [1.82, 2.24) is 15.2 Å². The zero-order chi connectivity index (χ0) is 25.3. The Balaban J connectivity index is 1.41. The van der Waals surface area contributed by atoms with Crippen molar-refractivity contribution >= 4 is 0 Å². The number of unbranched alkanes of at least 4 members (excludes halogenated alkanes) is 10. The molecule has 0 fully saturated rings. The Morgan fingerprint density at radius 2 is 1.11 bits per heavy atom. The predicted octanol–water partition coefficient (Wildman–Crippen LogP) is 8.68. The molecule has 0 aliphatic carbocycles. The molecule has 0 bridgehead atoms. The second-order valence-electron chi connectivity index (χ2n) is 9.45. The van der Waals surface area contributed by atoms with Gasteiger partial charge in [0, 0.05) is 23.4 Å². The van der Waals surface area contributed by atoms with Crippen molar-refractivity contribution in [3.05, 3.63) is 54.7 Å². The van der Waals surface area contributed by atoms with E-state index in [0.29, 0.717) is 12.5 Å². The van der Waals surface area contributed by atoms with Gasteiger partial charge in [-0.25, -0.2) is 0 Å². The van der Waals surface area contributed by atoms with Gasteiger partial charge in [0.25, 0.3) is 0 Å². The summed E-state index contributed by atoms with van der Waals surface area (Å²) < 4.78 is 11.6. The van der Waals surface area contributed by atoms with E-state index < -0.39 is 0 Å². The molecule has 0 N–H and O–H groups in total. The van der Waals surface area contributed by atoms with Gasteiger partial charge in [0.2, 0.25) is 5.88 Å². The molecule has 36 heavy (non-hydrogen) atoms. The molecule has 0 atom stereocenters. The maximum Gasteiger partial charge on any atom is 0.233 e. The van der Waals surface area contributed by atoms with E-state index in [-0.39, 0.29) is 0 Å². The highest BCUT2D eigenvalue weighted by Crippen LogP contribution is 2.24. The summed E-state index contributed by atoms with van der Waals surface area (Å²) in [5.41, 5.74) is 3.72. The van der Waals surface area contributed by atoms with Crippen molar-refractivity contribution in [3.8, 4) is 34.1 Å². The molecular formula is C31H43N3O2. The third-order valence-corrected chi connectivity index (χ3v) is 6.36. The molecule has 0 spiro atoms. The Kier molecular flexibility index (Phi) is 12.8. The van der Waals surface area contributed by atoms with Crippen molar-refractivity contribution < 1.29 is 9.47 Å². The highest BCUT2D eigenvalue weighted by Gasteiger charge is 2.05. The maximum atomic E-state index is 5.89. The van der Waals surface area contributed by atoms with Gasteiger partial charge in [-0.2, -0.15) is 0 Å². The van der Waals surface area contributed by atoms with Gasteiger partial charge >= 0.3 is 0 Å². The fourth-order valence-electron chi connectivity index (χ4n) is 4.12. The second kappa shape index (κ2) is 16.7. The van der Waals surface area contributed by atoms with Gasteiger partial charge in [0.1, 0.15) is 5.75 Å². The summed E-state index contributed by atoms with van der Waals surface area (Å²) in [6.45, 7) is 5.96. The molecule has 0 radical (unpaired) electrons. The summed E-state index contributed by atoms with van der Waals surface area (Å²) in [5, 5.41) is 8.55. The molecular weight excluding hydrogens is 446 g/mol. The van der Waals surface area contributed by atoms with Crippen LogP contribution in [-0.4, -0.2) is 28.4 Å². The van der Waals surface area contributed by atoms with E-state index in [2.05, 4.69) is 41.2 Å². The van der Waals surface area contributed by atoms with Gasteiger partial charge in [-0.15, -0.1) is 10.2 Å². The van der Waals surface area contributed by atoms with E-state index >= 15 is 0 Å². The Morgan fingerprint density at radius 3 is 1.69 bits per heavy atom. The van der Waals surface area contributed by atoms with Gasteiger partial charge in [0.15, 0.2) is 0 Å². The summed E-state index contributed by atoms with van der Waals surface area (Å²) >= 11 is 0. The Bertz CT molecular complexity index is 876. The lowest BCUT2D eigenvalue weighted by atomic mass is 10.1. The smallest absolute Gasteiger partial charge is 0.233 e. The number of hydrogen-bond donors (Lipinski definition) is 0. The fraction of sp³-hybridized carbons (Fsp3) is 0.516. The first-order valence-corrected chi connectivity index (χ1v) is 14.0. The molecule has 0 amide bonds. The number of pyridine rings is 1. The first kappa shape index (κ1) is 27.6. The molecule has 2 heterocycles. The zero-order valence-electron chi connectivity index (χ0n) is 22.3. The summed E-state index contributed by atoms with van der Waals surface area (Å²) in [5.74, 6) is 1.49. The molecule has 0 aliphatic heterocycles. The lowest BCUT2D eigenvalue weighted by Crippen LogP contribution is -2.00. The maximum absolute atomic E-state index is 5.89. The van der Waals surface area contributed by atoms with Crippen molar-refractivity contribution in [1.29, 1.82) is 0 Å². The molecule has 1 aromatic carbocycles. The molecule has 0 unspecified atom stereocenters. The van der Waals surface area contributed by atoms with Crippen molar-refractivity contribution in [2.24, 2.45) is 0 Å². The molecule has 5 heteroatoms. The predicted molar refractivity (Wildman–Crippen MR) is 148 cm³/mol. The van der Waals surface area contributed by atoms with Crippen LogP contribution in [0.25, 0.3) is 22.5 Å². The van der Waals surface area contributed by atoms with Crippen LogP contribution in [0, 0.1) is 0 Å². The molecule has 194 valence electrons. The highest BCUT2D eigenvalue weighted by molar-refractivity contribution is 5.64. The average Bonchev–Trinajstić information content (AvgIpc) is 2.93. The molecule has 3 aromatic rings. The zero-order valence-corrected chi connectivity index (χ0v) is 22.3. The molecule has 0 saturated carbocycles. The number of hydrogen-bond acceptors (Lipinski definition) is 5. The van der Waals surface area contributed by atoms with E-state index in [1.165, 1.54) is 64.2 Å². The van der Waals surface area contributed by atoms with Crippen LogP contribution in [0.2, 0.25) is 0 Å². The third-order valence-electron chi connectivity index (χ3n) is 6.36. The Hall–Kier alpha value is -2.95. The number of rotatable bonds is 18. The van der Waals surface area contributed by atoms with E-state index in [0.717, 1.165) is 47.7 Å². The fourth-order valence-corrected chi connectivity index (χ4v) is 4.12. The Labute approximate surface area is 217 Å². The van der Waals surface area contributed by atoms with Gasteiger partial charge in [-0.3, -0.25) is 4.98 Å². The van der Waals surface area contributed by atoms with E-state index in [1.54, 1.807) is 0 Å². The lowest BCUT2D eigenvalue weighted by Gasteiger charge is -2.08. The van der Waals surface area contributed by atoms with Gasteiger partial charge in [0.05, 0.1) is 24.6 Å². The molecule has 2 aromatic heterocycles. The highest BCUT2D eigenvalue weighted by atomic mass is 16.5. The van der Waals surface area contributed by atoms with Crippen LogP contribution in [0.5, 0.6) is 11.6 Å². The minimum atomic E-state index is 0.579. The van der Waals surface area contributed by atoms with E-state index in [1.807, 2.05) is 42.6 Å². The van der Waals surface area contributed by atoms with Crippen molar-refractivity contribution in [2.45, 2.75) is 90.9 Å². The van der Waals surface area contributed by atoms with Crippen LogP contribution in [0.3, 0.4) is 0 Å². The number of aromatic nitrogens is 3. The summed E-state index contributed by atoms with van der Waals surface area (Å²) in [6.07, 6.45) is 16.9. The molecule has 3 rings (SSSR count). The van der Waals surface area contributed by atoms with Crippen LogP contribution in [0.4, 0.5) is 0 Å². The molecule has 5 nitrogen and oxygen atoms in total. The van der Waals surface area contributed by atoms with Gasteiger partial charge in [-0.1, -0.05) is 78.1 Å². The van der Waals surface area contributed by atoms with Crippen LogP contribution in [0.1, 0.15) is 90.9 Å². The minimum absolute atomic E-state index is 0.579. The van der Waals surface area contributed by atoms with E-state index in [9.17, 15) is 0 Å². The second-order valence-corrected chi connectivity index (χ2v) is 9.45. The molecule has 0 aliphatic rings. The average molecular weight is 490 g/mol. The third kappa shape index (κ3) is 9.96. The first-order valence-electron chi connectivity index (χ1n) is 14.0. The normalized spacial score (nSPS) is 10.9. The minimum Gasteiger partial charge on any atom is -0.494 e. The summed E-state index contributed by atoms with van der Waals surface area (Å²) in [7, 11) is 0. The first-order chi connectivity index (χ1) is 17.8. The largest absolute Gasteiger partial charge is 0.494 e. The lowest BCUT2D eigenvalue weighted by molar-refractivity contribution is 0.290. The monoisotopic (exact) mass is 489 g/mol. The van der Waals surface area contributed by atoms with Crippen LogP contribution in [-0.2, 0) is 0 Å². The van der Waals surface area contributed by atoms with Crippen LogP contribution in [0.15, 0.2) is 54.7 Å². The van der Waals surface area contributed by atoms with Gasteiger partial charge in [-0.05, 0) is 55.3 Å². The van der Waals surface area contributed by atoms with Gasteiger partial charge < -0.3 is 9.47 Å². The topological polar surface area (TPSA) is 57.1 Å². The standard InChI is InChI=1S/C31H43N3O2/c1-3-5-7-9-11-13-23-35-28-18-15-26(16-19-28)29-20-17-27(25-32-29)30-21-22-31(34-33-30)36-24-14-12-10-8-6-4-2/h15-22,25H,3-14,23-24H2,1-2H3. The Morgan fingerprint density at radius 1 is 0.528 bits per heavy atom. The quantitative estimate of drug-likeness (QED) is 0.167. The van der Waals surface area contributed by atoms with Crippen molar-refractivity contribution in [2.75, 3.05) is 13.2 Å². The summed E-state index contributed by atoms with van der Waals surface area (Å²) in [6, 6.07) is 16.1. The number of benzene rings is 1. The summed E-state index contributed by atoms with van der Waals surface area (Å²) in [4.78, 5) is 4.64. The van der Waals surface area contributed by atoms with Crippen LogP contribution < -0.4 is 9.47 Å². The SMILES string of the molecule is CCCCCCCCOc1ccc(-c2ccc(-c3ccc(OCCCCCCCC)nn3)cn2)cc1. The number of nitrogens with zero attached hydrogens (tertiary/aromatic N) is 3. The van der Waals surface area contributed by atoms with E-state index in [4.69, 9.17) is 9.47 Å².